The van der Waals surface area contributed by atoms with E-state index in [1.807, 2.05) is 59.1 Å². The maximum absolute atomic E-state index is 15.1. The summed E-state index contributed by atoms with van der Waals surface area (Å²) < 4.78 is 41.2. The zero-order chi connectivity index (χ0) is 48.8. The van der Waals surface area contributed by atoms with Gasteiger partial charge in [-0.2, -0.15) is 4.31 Å². The number of methoxy groups -OCH3 is 1. The van der Waals surface area contributed by atoms with E-state index in [0.29, 0.717) is 46.6 Å². The predicted molar refractivity (Wildman–Crippen MR) is 257 cm³/mol. The van der Waals surface area contributed by atoms with Crippen LogP contribution in [0.2, 0.25) is 0 Å². The highest BCUT2D eigenvalue weighted by atomic mass is 32.2. The maximum Gasteiger partial charge on any atom is 0.329 e. The standard InChI is InChI=1S/C48H64N8O9S2/c1-11-29-23-48(29,43(59)60)54-41(57)36-21-31(65-37-22-34(35-26-66-45(51-35)49-27(2)3)50-33-20-30(64-10)16-17-32(33)37)24-56(36)42(58)40(47(7,8)9)53-44(61)52-39(46(4,5)6)25-55-19-18-28-14-12-13-15-38(28)67(55,62)63/h12-17,20,22,26-27,29,31,36,39-40H,11,18-19,21,23-25H2,1-10H3,(H,49,51)(H,54,57)(H,59,60)(H2,52,53,61)/t29?,31-,36+,39-,40-,48-/m1/s1. The second-order valence-electron chi connectivity index (χ2n) is 20.3. The fraction of sp³-hybridized carbons (Fsp3) is 0.542. The number of carbonyl (C=O) groups is 4. The molecular weight excluding hydrogens is 897 g/mol. The van der Waals surface area contributed by atoms with Gasteiger partial charge in [-0.15, -0.1) is 11.3 Å². The van der Waals surface area contributed by atoms with Crippen molar-refractivity contribution in [1.29, 1.82) is 0 Å². The van der Waals surface area contributed by atoms with E-state index in [1.54, 1.807) is 64.3 Å². The Morgan fingerprint density at radius 3 is 2.36 bits per heavy atom. The largest absolute Gasteiger partial charge is 0.497 e. The Morgan fingerprint density at radius 1 is 0.985 bits per heavy atom. The van der Waals surface area contributed by atoms with E-state index < -0.39 is 74.4 Å². The smallest absolute Gasteiger partial charge is 0.329 e. The molecule has 0 spiro atoms. The number of hydrogen-bond acceptors (Lipinski definition) is 12. The number of carboxylic acids is 1. The van der Waals surface area contributed by atoms with E-state index in [9.17, 15) is 27.9 Å². The van der Waals surface area contributed by atoms with Gasteiger partial charge in [0.1, 0.15) is 40.9 Å². The maximum atomic E-state index is 15.1. The molecule has 17 nitrogen and oxygen atoms in total. The van der Waals surface area contributed by atoms with E-state index >= 15 is 4.79 Å². The van der Waals surface area contributed by atoms with E-state index in [-0.39, 0.29) is 49.3 Å². The number of amides is 4. The second-order valence-corrected chi connectivity index (χ2v) is 23.1. The number of carboxylic acid groups (broad SMARTS) is 1. The molecule has 2 aromatic heterocycles. The number of ether oxygens (including phenoxy) is 2. The molecule has 6 atom stereocenters. The molecule has 19 heteroatoms. The number of sulfonamides is 1. The van der Waals surface area contributed by atoms with Crippen molar-refractivity contribution >= 4 is 61.2 Å². The van der Waals surface area contributed by atoms with E-state index in [0.717, 1.165) is 10.7 Å². The molecule has 2 aliphatic heterocycles. The van der Waals surface area contributed by atoms with Crippen LogP contribution in [-0.2, 0) is 30.8 Å². The summed E-state index contributed by atoms with van der Waals surface area (Å²) in [7, 11) is -2.28. The second kappa shape index (κ2) is 18.9. The molecule has 1 unspecified atom stereocenters. The molecule has 0 radical (unpaired) electrons. The first-order chi connectivity index (χ1) is 31.4. The van der Waals surface area contributed by atoms with Crippen LogP contribution in [0.3, 0.4) is 0 Å². The minimum absolute atomic E-state index is 0.00413. The number of rotatable bonds is 15. The van der Waals surface area contributed by atoms with Crippen LogP contribution in [0.5, 0.6) is 11.5 Å². The number of carbonyl (C=O) groups excluding carboxylic acids is 3. The van der Waals surface area contributed by atoms with Crippen LogP contribution >= 0.6 is 11.3 Å². The molecule has 7 rings (SSSR count). The quantitative estimate of drug-likeness (QED) is 0.0889. The summed E-state index contributed by atoms with van der Waals surface area (Å²) in [5.41, 5.74) is -0.503. The zero-order valence-corrected chi connectivity index (χ0v) is 41.6. The first kappa shape index (κ1) is 49.4. The topological polar surface area (TPSA) is 221 Å². The lowest BCUT2D eigenvalue weighted by molar-refractivity contribution is -0.146. The highest BCUT2D eigenvalue weighted by Crippen LogP contribution is 2.46. The number of anilines is 1. The van der Waals surface area contributed by atoms with Crippen LogP contribution in [0.1, 0.15) is 87.1 Å². The van der Waals surface area contributed by atoms with Gasteiger partial charge in [-0.1, -0.05) is 73.1 Å². The Labute approximate surface area is 396 Å². The number of fused-ring (bicyclic) bond motifs is 2. The summed E-state index contributed by atoms with van der Waals surface area (Å²) in [5.74, 6) is -1.61. The van der Waals surface area contributed by atoms with Crippen molar-refractivity contribution in [3.8, 4) is 22.9 Å². The summed E-state index contributed by atoms with van der Waals surface area (Å²) in [4.78, 5) is 67.6. The van der Waals surface area contributed by atoms with Crippen LogP contribution in [0.4, 0.5) is 9.93 Å². The number of aliphatic carboxylic acids is 1. The van der Waals surface area contributed by atoms with Gasteiger partial charge >= 0.3 is 12.0 Å². The van der Waals surface area contributed by atoms with Gasteiger partial charge in [0.15, 0.2) is 5.13 Å². The van der Waals surface area contributed by atoms with Crippen molar-refractivity contribution in [1.82, 2.24) is 35.1 Å². The number of nitrogens with one attached hydrogen (secondary N) is 4. The van der Waals surface area contributed by atoms with Crippen molar-refractivity contribution in [3.63, 3.8) is 0 Å². The van der Waals surface area contributed by atoms with Crippen LogP contribution in [-0.4, -0.2) is 119 Å². The third kappa shape index (κ3) is 10.5. The highest BCUT2D eigenvalue weighted by molar-refractivity contribution is 7.89. The molecule has 2 fully saturated rings. The highest BCUT2D eigenvalue weighted by Gasteiger charge is 2.61. The van der Waals surface area contributed by atoms with Crippen molar-refractivity contribution in [2.45, 2.75) is 129 Å². The molecule has 2 aromatic carbocycles. The summed E-state index contributed by atoms with van der Waals surface area (Å²) in [6, 6.07) is 10.5. The molecule has 1 aliphatic carbocycles. The Morgan fingerprint density at radius 2 is 1.72 bits per heavy atom. The zero-order valence-electron chi connectivity index (χ0n) is 39.9. The predicted octanol–water partition coefficient (Wildman–Crippen LogP) is 6.28. The van der Waals surface area contributed by atoms with Gasteiger partial charge in [0.2, 0.25) is 21.8 Å². The van der Waals surface area contributed by atoms with E-state index in [4.69, 9.17) is 19.4 Å². The molecule has 4 aromatic rings. The Bertz CT molecular complexity index is 2640. The van der Waals surface area contributed by atoms with E-state index in [2.05, 4.69) is 21.3 Å². The summed E-state index contributed by atoms with van der Waals surface area (Å²) in [6.45, 7) is 17.2. The Balaban J connectivity index is 1.17. The monoisotopic (exact) mass is 960 g/mol. The van der Waals surface area contributed by atoms with E-state index in [1.165, 1.54) is 20.5 Å². The van der Waals surface area contributed by atoms with Gasteiger partial charge in [-0.05, 0) is 67.2 Å². The molecule has 67 heavy (non-hydrogen) atoms. The van der Waals surface area contributed by atoms with Gasteiger partial charge in [0.25, 0.3) is 0 Å². The van der Waals surface area contributed by atoms with Gasteiger partial charge < -0.3 is 40.7 Å². The van der Waals surface area contributed by atoms with Gasteiger partial charge in [0.05, 0.1) is 29.8 Å². The lowest BCUT2D eigenvalue weighted by Gasteiger charge is -2.39. The summed E-state index contributed by atoms with van der Waals surface area (Å²) in [5, 5.41) is 25.6. The fourth-order valence-corrected chi connectivity index (χ4v) is 11.5. The molecule has 3 aliphatic rings. The molecule has 5 N–H and O–H groups in total. The molecule has 0 bridgehead atoms. The van der Waals surface area contributed by atoms with Crippen molar-refractivity contribution in [3.05, 3.63) is 59.5 Å². The average Bonchev–Trinajstić information content (AvgIpc) is 3.52. The number of aromatic nitrogens is 2. The van der Waals surface area contributed by atoms with Crippen molar-refractivity contribution < 1.29 is 42.2 Å². The number of hydrogen-bond donors (Lipinski definition) is 5. The average molecular weight is 961 g/mol. The third-order valence-corrected chi connectivity index (χ3v) is 15.7. The Kier molecular flexibility index (Phi) is 13.9. The third-order valence-electron chi connectivity index (χ3n) is 13.0. The van der Waals surface area contributed by atoms with Gasteiger partial charge in [0, 0.05) is 54.5 Å². The minimum atomic E-state index is -3.84. The Hall–Kier alpha value is -5.53. The molecule has 4 heterocycles. The SMILES string of the molecule is CCC1C[C@]1(NC(=O)[C@@H]1C[C@@H](Oc2cc(-c3csc(NC(C)C)n3)nc3cc(OC)ccc23)CN1C(=O)[C@@H](NC(=O)N[C@H](CN1CCc2ccccc2S1(=O)=O)C(C)(C)C)C(C)(C)C)C(=O)O. The summed E-state index contributed by atoms with van der Waals surface area (Å²) >= 11 is 1.44. The normalized spacial score (nSPS) is 22.4. The van der Waals surface area contributed by atoms with Crippen LogP contribution in [0.15, 0.2) is 58.8 Å². The summed E-state index contributed by atoms with van der Waals surface area (Å²) in [6.07, 6.45) is 0.586. The fourth-order valence-electron chi connectivity index (χ4n) is 8.93. The molecular formula is C48H64N8O9S2. The number of urea groups is 1. The molecule has 4 amide bonds. The molecule has 1 saturated carbocycles. The van der Waals surface area contributed by atoms with Crippen LogP contribution in [0.25, 0.3) is 22.3 Å². The van der Waals surface area contributed by atoms with Gasteiger partial charge in [-0.3, -0.25) is 9.59 Å². The van der Waals surface area contributed by atoms with Crippen molar-refractivity contribution in [2.24, 2.45) is 16.7 Å². The molecule has 362 valence electrons. The van der Waals surface area contributed by atoms with Gasteiger partial charge in [-0.25, -0.2) is 28.0 Å². The number of thiazole rings is 1. The lowest BCUT2D eigenvalue weighted by Crippen LogP contribution is -2.62. The first-order valence-corrected chi connectivity index (χ1v) is 25.2. The number of nitrogens with zero attached hydrogens (tertiary/aromatic N) is 4. The van der Waals surface area contributed by atoms with Crippen molar-refractivity contribution in [2.75, 3.05) is 32.1 Å². The van der Waals surface area contributed by atoms with Crippen LogP contribution < -0.4 is 30.7 Å². The first-order valence-electron chi connectivity index (χ1n) is 22.8. The number of benzene rings is 2. The number of pyridine rings is 1. The molecule has 1 saturated heterocycles. The van der Waals surface area contributed by atoms with Crippen LogP contribution in [0, 0.1) is 16.7 Å². The number of likely N-dealkylation sites (tertiary alicyclic amines) is 1. The minimum Gasteiger partial charge on any atom is -0.497 e. The lowest BCUT2D eigenvalue weighted by atomic mass is 9.85.